The zero-order valence-corrected chi connectivity index (χ0v) is 38.2. The Hall–Kier alpha value is -1.43. The number of allylic oxidation sites excluding steroid dienone is 5. The summed E-state index contributed by atoms with van der Waals surface area (Å²) in [5.41, 5.74) is 0. The third-order valence-corrected chi connectivity index (χ3v) is 11.6. The van der Waals surface area contributed by atoms with Crippen LogP contribution < -0.4 is 5.32 Å². The van der Waals surface area contributed by atoms with E-state index in [9.17, 15) is 20.1 Å². The predicted octanol–water partition coefficient (Wildman–Crippen LogP) is 15.1. The molecule has 3 atom stereocenters. The van der Waals surface area contributed by atoms with Crippen molar-refractivity contribution >= 4 is 5.91 Å². The molecule has 4 N–H and O–H groups in total. The standard InChI is InChI=1S/C52H99NO4/c1-3-5-7-9-11-13-15-17-19-21-22-23-24-25-26-27-28-30-32-34-36-38-40-42-44-46-51(56)50(48-54)53-52(57)47-49(55)45-43-41-39-37-35-33-31-29-20-18-16-14-12-10-8-6-4-2/h29,31,36,38,44,46,49-51,54-56H,3-28,30,32-35,37,39-43,45,47-48H2,1-2H3,(H,53,57)/b31-29-,38-36+,46-44+. The minimum atomic E-state index is -0.954. The summed E-state index contributed by atoms with van der Waals surface area (Å²) in [6, 6.07) is -0.764. The van der Waals surface area contributed by atoms with Crippen LogP contribution in [0.2, 0.25) is 0 Å². The molecule has 0 aromatic heterocycles. The molecule has 0 bridgehead atoms. The molecular formula is C52H99NO4. The van der Waals surface area contributed by atoms with E-state index < -0.39 is 18.2 Å². The van der Waals surface area contributed by atoms with Crippen LogP contribution in [0.4, 0.5) is 0 Å². The second-order valence-corrected chi connectivity index (χ2v) is 17.4. The van der Waals surface area contributed by atoms with Crippen LogP contribution in [-0.2, 0) is 4.79 Å². The summed E-state index contributed by atoms with van der Waals surface area (Å²) < 4.78 is 0. The van der Waals surface area contributed by atoms with Crippen molar-refractivity contribution in [3.8, 4) is 0 Å². The summed E-state index contributed by atoms with van der Waals surface area (Å²) >= 11 is 0. The van der Waals surface area contributed by atoms with Crippen LogP contribution in [0.3, 0.4) is 0 Å². The SMILES string of the molecule is CCCCCCCCCC/C=C\CCCCCCCC(O)CC(=O)NC(CO)C(O)/C=C/CC/C=C/CCCCCCCCCCCCCCCCCCCCC. The molecular weight excluding hydrogens is 703 g/mol. The summed E-state index contributed by atoms with van der Waals surface area (Å²) in [5.74, 6) is -0.328. The average Bonchev–Trinajstić information content (AvgIpc) is 3.20. The highest BCUT2D eigenvalue weighted by Gasteiger charge is 2.20. The number of amides is 1. The van der Waals surface area contributed by atoms with Crippen LogP contribution in [0.25, 0.3) is 0 Å². The van der Waals surface area contributed by atoms with Crippen LogP contribution in [0.15, 0.2) is 36.5 Å². The quantitative estimate of drug-likeness (QED) is 0.0365. The first-order chi connectivity index (χ1) is 28.0. The Morgan fingerprint density at radius 3 is 1.12 bits per heavy atom. The van der Waals surface area contributed by atoms with Crippen molar-refractivity contribution in [1.82, 2.24) is 5.32 Å². The van der Waals surface area contributed by atoms with E-state index in [0.717, 1.165) is 44.9 Å². The zero-order valence-electron chi connectivity index (χ0n) is 38.2. The van der Waals surface area contributed by atoms with E-state index >= 15 is 0 Å². The topological polar surface area (TPSA) is 89.8 Å². The van der Waals surface area contributed by atoms with Crippen LogP contribution >= 0.6 is 0 Å². The lowest BCUT2D eigenvalue weighted by Crippen LogP contribution is -2.45. The largest absolute Gasteiger partial charge is 0.394 e. The summed E-state index contributed by atoms with van der Waals surface area (Å²) in [5, 5.41) is 33.3. The summed E-state index contributed by atoms with van der Waals surface area (Å²) in [7, 11) is 0. The van der Waals surface area contributed by atoms with E-state index in [4.69, 9.17) is 0 Å². The van der Waals surface area contributed by atoms with E-state index in [1.807, 2.05) is 6.08 Å². The maximum absolute atomic E-state index is 12.5. The second-order valence-electron chi connectivity index (χ2n) is 17.4. The van der Waals surface area contributed by atoms with Gasteiger partial charge in [0.25, 0.3) is 0 Å². The van der Waals surface area contributed by atoms with Gasteiger partial charge in [-0.1, -0.05) is 237 Å². The van der Waals surface area contributed by atoms with Gasteiger partial charge in [-0.15, -0.1) is 0 Å². The molecule has 5 heteroatoms. The fourth-order valence-electron chi connectivity index (χ4n) is 7.76. The van der Waals surface area contributed by atoms with Crippen molar-refractivity contribution in [2.75, 3.05) is 6.61 Å². The molecule has 3 unspecified atom stereocenters. The van der Waals surface area contributed by atoms with Gasteiger partial charge >= 0.3 is 0 Å². The Labute approximate surface area is 355 Å². The molecule has 0 heterocycles. The van der Waals surface area contributed by atoms with Gasteiger partial charge in [-0.2, -0.15) is 0 Å². The Morgan fingerprint density at radius 1 is 0.439 bits per heavy atom. The number of nitrogens with one attached hydrogen (secondary N) is 1. The number of carbonyl (C=O) groups excluding carboxylic acids is 1. The fraction of sp³-hybridized carbons (Fsp3) is 0.865. The molecule has 0 saturated carbocycles. The minimum absolute atomic E-state index is 0.000882. The molecule has 0 aromatic carbocycles. The molecule has 0 saturated heterocycles. The van der Waals surface area contributed by atoms with Crippen LogP contribution in [0.1, 0.15) is 264 Å². The predicted molar refractivity (Wildman–Crippen MR) is 250 cm³/mol. The second kappa shape index (κ2) is 47.3. The summed E-state index contributed by atoms with van der Waals surface area (Å²) in [4.78, 5) is 12.5. The number of aliphatic hydroxyl groups is 3. The Kier molecular flexibility index (Phi) is 46.1. The van der Waals surface area contributed by atoms with Gasteiger partial charge in [-0.25, -0.2) is 0 Å². The molecule has 1 amide bonds. The number of rotatable bonds is 46. The van der Waals surface area contributed by atoms with Crippen LogP contribution in [0.5, 0.6) is 0 Å². The van der Waals surface area contributed by atoms with Gasteiger partial charge in [0.15, 0.2) is 0 Å². The Bertz CT molecular complexity index is 885. The molecule has 0 radical (unpaired) electrons. The van der Waals surface area contributed by atoms with Gasteiger partial charge < -0.3 is 20.6 Å². The molecule has 0 aliphatic rings. The summed E-state index contributed by atoms with van der Waals surface area (Å²) in [6.45, 7) is 4.22. The highest BCUT2D eigenvalue weighted by molar-refractivity contribution is 5.76. The lowest BCUT2D eigenvalue weighted by atomic mass is 10.0. The highest BCUT2D eigenvalue weighted by atomic mass is 16.3. The summed E-state index contributed by atoms with van der Waals surface area (Å²) in [6.07, 6.45) is 60.3. The van der Waals surface area contributed by atoms with Gasteiger partial charge in [0.2, 0.25) is 5.91 Å². The molecule has 57 heavy (non-hydrogen) atoms. The monoisotopic (exact) mass is 802 g/mol. The number of hydrogen-bond acceptors (Lipinski definition) is 4. The average molecular weight is 802 g/mol. The lowest BCUT2D eigenvalue weighted by Gasteiger charge is -2.20. The first kappa shape index (κ1) is 55.6. The van der Waals surface area contributed by atoms with Gasteiger partial charge in [0.1, 0.15) is 0 Å². The fourth-order valence-corrected chi connectivity index (χ4v) is 7.76. The van der Waals surface area contributed by atoms with Gasteiger partial charge in [-0.3, -0.25) is 4.79 Å². The van der Waals surface area contributed by atoms with Crippen molar-refractivity contribution in [2.45, 2.75) is 283 Å². The molecule has 5 nitrogen and oxygen atoms in total. The van der Waals surface area contributed by atoms with Gasteiger partial charge in [-0.05, 0) is 57.8 Å². The molecule has 0 fully saturated rings. The van der Waals surface area contributed by atoms with Gasteiger partial charge in [0, 0.05) is 0 Å². The Balaban J connectivity index is 3.65. The number of aliphatic hydroxyl groups excluding tert-OH is 3. The third-order valence-electron chi connectivity index (χ3n) is 11.6. The zero-order chi connectivity index (χ0) is 41.5. The van der Waals surface area contributed by atoms with Crippen molar-refractivity contribution in [3.05, 3.63) is 36.5 Å². The number of unbranched alkanes of at least 4 members (excludes halogenated alkanes) is 33. The molecule has 0 aromatic rings. The van der Waals surface area contributed by atoms with E-state index in [1.165, 1.54) is 193 Å². The molecule has 336 valence electrons. The molecule has 0 aliphatic heterocycles. The van der Waals surface area contributed by atoms with Crippen molar-refractivity contribution in [1.29, 1.82) is 0 Å². The molecule has 0 spiro atoms. The highest BCUT2D eigenvalue weighted by Crippen LogP contribution is 2.16. The lowest BCUT2D eigenvalue weighted by molar-refractivity contribution is -0.124. The third kappa shape index (κ3) is 44.0. The number of carbonyl (C=O) groups is 1. The normalized spacial score (nSPS) is 13.7. The van der Waals surface area contributed by atoms with E-state index in [1.54, 1.807) is 6.08 Å². The van der Waals surface area contributed by atoms with Crippen LogP contribution in [-0.4, -0.2) is 46.1 Å². The molecule has 0 aliphatic carbocycles. The van der Waals surface area contributed by atoms with Crippen molar-refractivity contribution < 1.29 is 20.1 Å². The first-order valence-corrected chi connectivity index (χ1v) is 25.3. The van der Waals surface area contributed by atoms with E-state index in [0.29, 0.717) is 6.42 Å². The smallest absolute Gasteiger partial charge is 0.222 e. The molecule has 0 rings (SSSR count). The minimum Gasteiger partial charge on any atom is -0.394 e. The Morgan fingerprint density at radius 2 is 0.754 bits per heavy atom. The van der Waals surface area contributed by atoms with E-state index in [2.05, 4.69) is 43.5 Å². The maximum Gasteiger partial charge on any atom is 0.222 e. The maximum atomic E-state index is 12.5. The van der Waals surface area contributed by atoms with Crippen molar-refractivity contribution in [3.63, 3.8) is 0 Å². The van der Waals surface area contributed by atoms with E-state index in [-0.39, 0.29) is 18.9 Å². The van der Waals surface area contributed by atoms with Crippen molar-refractivity contribution in [2.24, 2.45) is 0 Å². The first-order valence-electron chi connectivity index (χ1n) is 25.3. The van der Waals surface area contributed by atoms with Gasteiger partial charge in [0.05, 0.1) is 31.3 Å². The van der Waals surface area contributed by atoms with Crippen LogP contribution in [0, 0.1) is 0 Å². The number of hydrogen-bond donors (Lipinski definition) is 4.